The molecule has 0 saturated carbocycles. The van der Waals surface area contributed by atoms with Crippen molar-refractivity contribution in [3.8, 4) is 0 Å². The van der Waals surface area contributed by atoms with Crippen LogP contribution in [-0.2, 0) is 18.3 Å². The van der Waals surface area contributed by atoms with Crippen molar-refractivity contribution in [3.63, 3.8) is 0 Å². The fourth-order valence-electron chi connectivity index (χ4n) is 2.95. The molecule has 0 aliphatic carbocycles. The Morgan fingerprint density at radius 2 is 2.24 bits per heavy atom. The number of nitrogens with zero attached hydrogens (tertiary/aromatic N) is 7. The normalized spacial score (nSPS) is 17.0. The van der Waals surface area contributed by atoms with Gasteiger partial charge in [-0.25, -0.2) is 4.98 Å². The number of aromatic nitrogens is 5. The molecule has 0 spiro atoms. The monoisotopic (exact) mass is 345 g/mol. The van der Waals surface area contributed by atoms with Crippen molar-refractivity contribution in [1.82, 2.24) is 34.8 Å². The molecule has 0 aromatic carbocycles. The summed E-state index contributed by atoms with van der Waals surface area (Å²) in [7, 11) is 5.89. The topological polar surface area (TPSA) is 89.3 Å². The first-order chi connectivity index (χ1) is 12.1. The first-order valence-corrected chi connectivity index (χ1v) is 8.22. The highest BCUT2D eigenvalue weighted by Gasteiger charge is 2.33. The van der Waals surface area contributed by atoms with E-state index in [1.165, 1.54) is 12.4 Å². The van der Waals surface area contributed by atoms with Crippen LogP contribution in [-0.4, -0.2) is 81.1 Å². The van der Waals surface area contributed by atoms with E-state index in [9.17, 15) is 4.79 Å². The maximum absolute atomic E-state index is 12.7. The van der Waals surface area contributed by atoms with Gasteiger partial charge in [-0.05, 0) is 14.1 Å². The zero-order valence-electron chi connectivity index (χ0n) is 14.8. The molecule has 9 heteroatoms. The maximum Gasteiger partial charge on any atom is 0.274 e. The summed E-state index contributed by atoms with van der Waals surface area (Å²) in [5, 5.41) is 8.32. The first kappa shape index (κ1) is 17.4. The van der Waals surface area contributed by atoms with Crippen LogP contribution in [0.1, 0.15) is 27.8 Å². The van der Waals surface area contributed by atoms with Gasteiger partial charge in [0.2, 0.25) is 0 Å². The van der Waals surface area contributed by atoms with E-state index < -0.39 is 0 Å². The second kappa shape index (κ2) is 7.66. The van der Waals surface area contributed by atoms with Crippen molar-refractivity contribution >= 4 is 5.91 Å². The Hall–Kier alpha value is -2.39. The summed E-state index contributed by atoms with van der Waals surface area (Å²) in [6.07, 6.45) is 4.55. The predicted molar refractivity (Wildman–Crippen MR) is 89.9 cm³/mol. The summed E-state index contributed by atoms with van der Waals surface area (Å²) in [5.41, 5.74) is 2.18. The van der Waals surface area contributed by atoms with Gasteiger partial charge in [0.05, 0.1) is 31.6 Å². The third-order valence-electron chi connectivity index (χ3n) is 4.18. The number of aryl methyl sites for hydroxylation is 1. The zero-order valence-corrected chi connectivity index (χ0v) is 14.8. The minimum absolute atomic E-state index is 0.0338. The van der Waals surface area contributed by atoms with Crippen LogP contribution in [0.5, 0.6) is 0 Å². The molecular weight excluding hydrogens is 322 g/mol. The van der Waals surface area contributed by atoms with E-state index in [1.807, 2.05) is 21.1 Å². The van der Waals surface area contributed by atoms with Crippen molar-refractivity contribution in [3.05, 3.63) is 35.7 Å². The number of carbonyl (C=O) groups excluding carboxylic acids is 1. The quantitative estimate of drug-likeness (QED) is 0.677. The lowest BCUT2D eigenvalue weighted by atomic mass is 9.98. The summed E-state index contributed by atoms with van der Waals surface area (Å²) in [6, 6.07) is 0. The van der Waals surface area contributed by atoms with E-state index >= 15 is 0 Å². The number of hydrogen-bond donors (Lipinski definition) is 0. The number of fused-ring (bicyclic) bond motifs is 1. The number of ether oxygens (including phenoxy) is 1. The minimum atomic E-state index is -0.150. The summed E-state index contributed by atoms with van der Waals surface area (Å²) < 4.78 is 7.60. The van der Waals surface area contributed by atoms with E-state index in [0.29, 0.717) is 32.0 Å². The van der Waals surface area contributed by atoms with Crippen molar-refractivity contribution in [2.24, 2.45) is 7.05 Å². The molecule has 1 atom stereocenters. The molecule has 1 amide bonds. The highest BCUT2D eigenvalue weighted by atomic mass is 16.5. The van der Waals surface area contributed by atoms with Crippen molar-refractivity contribution in [2.45, 2.75) is 12.5 Å². The van der Waals surface area contributed by atoms with Gasteiger partial charge >= 0.3 is 0 Å². The summed E-state index contributed by atoms with van der Waals surface area (Å²) in [5.74, 6) is -0.116. The molecule has 0 unspecified atom stereocenters. The molecule has 0 saturated heterocycles. The van der Waals surface area contributed by atoms with Crippen molar-refractivity contribution in [1.29, 1.82) is 0 Å². The molecule has 1 aliphatic heterocycles. The molecule has 2 aromatic rings. The predicted octanol–water partition coefficient (Wildman–Crippen LogP) is -0.0771. The van der Waals surface area contributed by atoms with E-state index in [1.54, 1.807) is 15.8 Å². The van der Waals surface area contributed by atoms with Crippen LogP contribution >= 0.6 is 0 Å². The molecule has 134 valence electrons. The highest BCUT2D eigenvalue weighted by molar-refractivity contribution is 5.92. The van der Waals surface area contributed by atoms with Gasteiger partial charge in [0, 0.05) is 38.4 Å². The molecule has 1 aliphatic rings. The van der Waals surface area contributed by atoms with Crippen LogP contribution in [0, 0.1) is 0 Å². The Morgan fingerprint density at radius 3 is 2.96 bits per heavy atom. The molecule has 25 heavy (non-hydrogen) atoms. The van der Waals surface area contributed by atoms with Crippen LogP contribution in [0.15, 0.2) is 18.6 Å². The molecule has 2 aromatic heterocycles. The second-order valence-electron chi connectivity index (χ2n) is 6.40. The molecule has 3 rings (SSSR count). The highest BCUT2D eigenvalue weighted by Crippen LogP contribution is 2.27. The molecular formula is C16H23N7O2. The van der Waals surface area contributed by atoms with E-state index in [4.69, 9.17) is 4.74 Å². The van der Waals surface area contributed by atoms with Gasteiger partial charge in [-0.2, -0.15) is 0 Å². The van der Waals surface area contributed by atoms with Gasteiger partial charge < -0.3 is 14.5 Å². The Bertz CT molecular complexity index is 717. The van der Waals surface area contributed by atoms with Gasteiger partial charge in [-0.3, -0.25) is 14.5 Å². The summed E-state index contributed by atoms with van der Waals surface area (Å²) >= 11 is 0. The number of amides is 1. The zero-order chi connectivity index (χ0) is 17.8. The smallest absolute Gasteiger partial charge is 0.274 e. The van der Waals surface area contributed by atoms with E-state index in [-0.39, 0.29) is 11.8 Å². The van der Waals surface area contributed by atoms with Crippen LogP contribution in [0.4, 0.5) is 0 Å². The van der Waals surface area contributed by atoms with Crippen LogP contribution < -0.4 is 0 Å². The maximum atomic E-state index is 12.7. The fourth-order valence-corrected chi connectivity index (χ4v) is 2.95. The van der Waals surface area contributed by atoms with Gasteiger partial charge in [0.1, 0.15) is 11.4 Å². The first-order valence-electron chi connectivity index (χ1n) is 8.22. The molecule has 3 heterocycles. The molecule has 9 nitrogen and oxygen atoms in total. The third kappa shape index (κ3) is 3.99. The SMILES string of the molecule is CN(C)CCOC[C@H]1CN(C(=O)c2cnccn2)Cc2nnn(C)c21. The number of rotatable bonds is 6. The Kier molecular flexibility index (Phi) is 5.34. The molecule has 0 bridgehead atoms. The summed E-state index contributed by atoms with van der Waals surface area (Å²) in [6.45, 7) is 2.98. The fraction of sp³-hybridized carbons (Fsp3) is 0.562. The molecule has 0 fully saturated rings. The number of likely N-dealkylation sites (N-methyl/N-ethyl adjacent to an activating group) is 1. The largest absolute Gasteiger partial charge is 0.379 e. The molecule has 0 radical (unpaired) electrons. The van der Waals surface area contributed by atoms with Crippen molar-refractivity contribution in [2.75, 3.05) is 40.4 Å². The average Bonchev–Trinajstić information content (AvgIpc) is 2.99. The average molecular weight is 345 g/mol. The van der Waals surface area contributed by atoms with Crippen LogP contribution in [0.25, 0.3) is 0 Å². The Labute approximate surface area is 146 Å². The molecule has 0 N–H and O–H groups in total. The van der Waals surface area contributed by atoms with Gasteiger partial charge in [-0.1, -0.05) is 5.21 Å². The van der Waals surface area contributed by atoms with E-state index in [0.717, 1.165) is 17.9 Å². The lowest BCUT2D eigenvalue weighted by molar-refractivity contribution is 0.0608. The lowest BCUT2D eigenvalue weighted by Gasteiger charge is -2.32. The van der Waals surface area contributed by atoms with Crippen LogP contribution in [0.3, 0.4) is 0 Å². The van der Waals surface area contributed by atoms with E-state index in [2.05, 4.69) is 25.2 Å². The minimum Gasteiger partial charge on any atom is -0.379 e. The second-order valence-corrected chi connectivity index (χ2v) is 6.40. The van der Waals surface area contributed by atoms with Crippen molar-refractivity contribution < 1.29 is 9.53 Å². The summed E-state index contributed by atoms with van der Waals surface area (Å²) in [4.78, 5) is 24.6. The Morgan fingerprint density at radius 1 is 1.40 bits per heavy atom. The number of hydrogen-bond acceptors (Lipinski definition) is 7. The van der Waals surface area contributed by atoms with Gasteiger partial charge in [-0.15, -0.1) is 5.10 Å². The Balaban J connectivity index is 1.73. The van der Waals surface area contributed by atoms with Gasteiger partial charge in [0.25, 0.3) is 5.91 Å². The lowest BCUT2D eigenvalue weighted by Crippen LogP contribution is -2.40. The van der Waals surface area contributed by atoms with Crippen LogP contribution in [0.2, 0.25) is 0 Å². The number of carbonyl (C=O) groups is 1. The standard InChI is InChI=1S/C16H23N7O2/c1-21(2)6-7-25-11-12-9-23(10-14-15(12)22(3)20-19-14)16(24)13-8-17-4-5-18-13/h4-5,8,12H,6-7,9-11H2,1-3H3/t12-/m1/s1. The van der Waals surface area contributed by atoms with Gasteiger partial charge in [0.15, 0.2) is 0 Å². The third-order valence-corrected chi connectivity index (χ3v) is 4.18.